The summed E-state index contributed by atoms with van der Waals surface area (Å²) in [5, 5.41) is 9.32. The van der Waals surface area contributed by atoms with E-state index < -0.39 is 5.97 Å². The number of benzene rings is 1. The standard InChI is InChI=1S/C15H20ClNO3/c16-13-3-1-2-4-14(13)20-10-9-17-8-7-12(11-17)5-6-15(18)19/h1-4,12H,5-11H2,(H,18,19). The lowest BCUT2D eigenvalue weighted by Crippen LogP contribution is -2.26. The second-order valence-corrected chi connectivity index (χ2v) is 5.57. The number of carbonyl (C=O) groups is 1. The van der Waals surface area contributed by atoms with Gasteiger partial charge in [-0.15, -0.1) is 0 Å². The van der Waals surface area contributed by atoms with Gasteiger partial charge >= 0.3 is 5.97 Å². The number of aliphatic carboxylic acids is 1. The van der Waals surface area contributed by atoms with Crippen LogP contribution in [0.1, 0.15) is 19.3 Å². The Kier molecular flexibility index (Phi) is 5.68. The largest absolute Gasteiger partial charge is 0.491 e. The third kappa shape index (κ3) is 4.69. The van der Waals surface area contributed by atoms with Crippen LogP contribution >= 0.6 is 11.6 Å². The highest BCUT2D eigenvalue weighted by Gasteiger charge is 2.22. The van der Waals surface area contributed by atoms with Crippen molar-refractivity contribution in [3.8, 4) is 5.75 Å². The van der Waals surface area contributed by atoms with Crippen molar-refractivity contribution in [1.82, 2.24) is 4.90 Å². The van der Waals surface area contributed by atoms with E-state index in [1.54, 1.807) is 0 Å². The zero-order valence-corrected chi connectivity index (χ0v) is 12.2. The van der Waals surface area contributed by atoms with Crippen LogP contribution in [0.2, 0.25) is 5.02 Å². The molecule has 1 aliphatic rings. The third-order valence-electron chi connectivity index (χ3n) is 3.64. The van der Waals surface area contributed by atoms with Crippen LogP contribution in [0.4, 0.5) is 0 Å². The quantitative estimate of drug-likeness (QED) is 0.841. The number of ether oxygens (including phenoxy) is 1. The summed E-state index contributed by atoms with van der Waals surface area (Å²) >= 11 is 6.02. The molecule has 0 amide bonds. The number of carboxylic acids is 1. The van der Waals surface area contributed by atoms with Crippen molar-refractivity contribution in [2.24, 2.45) is 5.92 Å². The van der Waals surface area contributed by atoms with Gasteiger partial charge in [0.05, 0.1) is 5.02 Å². The first-order chi connectivity index (χ1) is 9.65. The molecule has 0 saturated carbocycles. The molecule has 2 rings (SSSR count). The minimum Gasteiger partial charge on any atom is -0.491 e. The molecule has 1 fully saturated rings. The Morgan fingerprint density at radius 1 is 1.45 bits per heavy atom. The molecule has 1 N–H and O–H groups in total. The van der Waals surface area contributed by atoms with Crippen molar-refractivity contribution in [1.29, 1.82) is 0 Å². The Hall–Kier alpha value is -1.26. The number of rotatable bonds is 7. The predicted molar refractivity (Wildman–Crippen MR) is 78.4 cm³/mol. The van der Waals surface area contributed by atoms with Gasteiger partial charge in [0.1, 0.15) is 12.4 Å². The molecular formula is C15H20ClNO3. The first-order valence-corrected chi connectivity index (χ1v) is 7.34. The molecule has 1 aromatic carbocycles. The van der Waals surface area contributed by atoms with Crippen LogP contribution in [0, 0.1) is 5.92 Å². The summed E-state index contributed by atoms with van der Waals surface area (Å²) < 4.78 is 5.66. The molecule has 1 heterocycles. The molecule has 1 atom stereocenters. The van der Waals surface area contributed by atoms with Gasteiger partial charge in [0.15, 0.2) is 0 Å². The van der Waals surface area contributed by atoms with E-state index >= 15 is 0 Å². The van der Waals surface area contributed by atoms with Crippen LogP contribution in [-0.4, -0.2) is 42.2 Å². The van der Waals surface area contributed by atoms with E-state index in [4.69, 9.17) is 21.4 Å². The van der Waals surface area contributed by atoms with Crippen molar-refractivity contribution in [3.05, 3.63) is 29.3 Å². The van der Waals surface area contributed by atoms with E-state index in [1.165, 1.54) is 0 Å². The Balaban J connectivity index is 1.66. The van der Waals surface area contributed by atoms with Crippen molar-refractivity contribution >= 4 is 17.6 Å². The lowest BCUT2D eigenvalue weighted by molar-refractivity contribution is -0.137. The van der Waals surface area contributed by atoms with Gasteiger partial charge in [-0.05, 0) is 37.4 Å². The first kappa shape index (κ1) is 15.1. The first-order valence-electron chi connectivity index (χ1n) is 6.96. The zero-order valence-electron chi connectivity index (χ0n) is 11.4. The van der Waals surface area contributed by atoms with Gasteiger partial charge in [0, 0.05) is 19.5 Å². The maximum absolute atomic E-state index is 10.6. The molecule has 1 saturated heterocycles. The van der Waals surface area contributed by atoms with Gasteiger partial charge in [-0.25, -0.2) is 0 Å². The van der Waals surface area contributed by atoms with Gasteiger partial charge in [-0.3, -0.25) is 9.69 Å². The monoisotopic (exact) mass is 297 g/mol. The van der Waals surface area contributed by atoms with Crippen LogP contribution in [0.15, 0.2) is 24.3 Å². The molecule has 1 unspecified atom stereocenters. The summed E-state index contributed by atoms with van der Waals surface area (Å²) in [5.74, 6) is 0.521. The highest BCUT2D eigenvalue weighted by atomic mass is 35.5. The van der Waals surface area contributed by atoms with E-state index in [0.717, 1.165) is 38.2 Å². The fourth-order valence-electron chi connectivity index (χ4n) is 2.53. The molecule has 110 valence electrons. The average Bonchev–Trinajstić information content (AvgIpc) is 2.87. The molecule has 0 aliphatic carbocycles. The number of likely N-dealkylation sites (tertiary alicyclic amines) is 1. The molecule has 1 aromatic rings. The molecule has 0 aromatic heterocycles. The molecule has 0 radical (unpaired) electrons. The number of halogens is 1. The molecule has 1 aliphatic heterocycles. The topological polar surface area (TPSA) is 49.8 Å². The zero-order chi connectivity index (χ0) is 14.4. The number of hydrogen-bond acceptors (Lipinski definition) is 3. The summed E-state index contributed by atoms with van der Waals surface area (Å²) in [6.45, 7) is 3.46. The molecule has 0 bridgehead atoms. The van der Waals surface area contributed by atoms with Crippen LogP contribution in [0.3, 0.4) is 0 Å². The minimum absolute atomic E-state index is 0.272. The molecular weight excluding hydrogens is 278 g/mol. The Morgan fingerprint density at radius 3 is 3.00 bits per heavy atom. The van der Waals surface area contributed by atoms with E-state index in [0.29, 0.717) is 17.5 Å². The fraction of sp³-hybridized carbons (Fsp3) is 0.533. The van der Waals surface area contributed by atoms with E-state index in [2.05, 4.69) is 4.90 Å². The van der Waals surface area contributed by atoms with Crippen LogP contribution < -0.4 is 4.74 Å². The summed E-state index contributed by atoms with van der Waals surface area (Å²) in [7, 11) is 0. The van der Waals surface area contributed by atoms with E-state index in [1.807, 2.05) is 24.3 Å². The van der Waals surface area contributed by atoms with Gasteiger partial charge in [-0.2, -0.15) is 0 Å². The number of nitrogens with zero attached hydrogens (tertiary/aromatic N) is 1. The Labute approximate surface area is 124 Å². The SMILES string of the molecule is O=C(O)CCC1CCN(CCOc2ccccc2Cl)C1. The van der Waals surface area contributed by atoms with Gasteiger partial charge < -0.3 is 9.84 Å². The Bertz CT molecular complexity index is 452. The normalized spacial score (nSPS) is 19.1. The molecule has 4 nitrogen and oxygen atoms in total. The summed E-state index contributed by atoms with van der Waals surface area (Å²) in [4.78, 5) is 12.9. The number of para-hydroxylation sites is 1. The summed E-state index contributed by atoms with van der Waals surface area (Å²) in [6, 6.07) is 7.46. The minimum atomic E-state index is -0.703. The van der Waals surface area contributed by atoms with Crippen LogP contribution in [-0.2, 0) is 4.79 Å². The number of hydrogen-bond donors (Lipinski definition) is 1. The summed E-state index contributed by atoms with van der Waals surface area (Å²) in [5.41, 5.74) is 0. The number of carboxylic acid groups (broad SMARTS) is 1. The fourth-order valence-corrected chi connectivity index (χ4v) is 2.72. The molecule has 5 heteroatoms. The van der Waals surface area contributed by atoms with Gasteiger partial charge in [0.25, 0.3) is 0 Å². The van der Waals surface area contributed by atoms with Gasteiger partial charge in [0.2, 0.25) is 0 Å². The lowest BCUT2D eigenvalue weighted by atomic mass is 10.0. The van der Waals surface area contributed by atoms with Gasteiger partial charge in [-0.1, -0.05) is 23.7 Å². The molecule has 0 spiro atoms. The van der Waals surface area contributed by atoms with E-state index in [-0.39, 0.29) is 6.42 Å². The Morgan fingerprint density at radius 2 is 2.25 bits per heavy atom. The maximum Gasteiger partial charge on any atom is 0.303 e. The van der Waals surface area contributed by atoms with Crippen molar-refractivity contribution < 1.29 is 14.6 Å². The maximum atomic E-state index is 10.6. The van der Waals surface area contributed by atoms with Crippen molar-refractivity contribution in [2.45, 2.75) is 19.3 Å². The van der Waals surface area contributed by atoms with Crippen LogP contribution in [0.5, 0.6) is 5.75 Å². The average molecular weight is 298 g/mol. The van der Waals surface area contributed by atoms with Crippen LogP contribution in [0.25, 0.3) is 0 Å². The van der Waals surface area contributed by atoms with Crippen molar-refractivity contribution in [3.63, 3.8) is 0 Å². The lowest BCUT2D eigenvalue weighted by Gasteiger charge is -2.16. The second kappa shape index (κ2) is 7.50. The summed E-state index contributed by atoms with van der Waals surface area (Å²) in [6.07, 6.45) is 2.13. The van der Waals surface area contributed by atoms with Crippen molar-refractivity contribution in [2.75, 3.05) is 26.2 Å². The third-order valence-corrected chi connectivity index (χ3v) is 3.95. The predicted octanol–water partition coefficient (Wildman–Crippen LogP) is 2.91. The highest BCUT2D eigenvalue weighted by Crippen LogP contribution is 2.24. The molecule has 20 heavy (non-hydrogen) atoms. The van der Waals surface area contributed by atoms with E-state index in [9.17, 15) is 4.79 Å². The smallest absolute Gasteiger partial charge is 0.303 e. The highest BCUT2D eigenvalue weighted by molar-refractivity contribution is 6.32. The second-order valence-electron chi connectivity index (χ2n) is 5.17.